The third-order valence-corrected chi connectivity index (χ3v) is 6.18. The number of fused-ring (bicyclic) bond motifs is 1. The van der Waals surface area contributed by atoms with Crippen molar-refractivity contribution in [3.63, 3.8) is 0 Å². The number of likely N-dealkylation sites (tertiary alicyclic amines) is 1. The minimum atomic E-state index is -0.894. The summed E-state index contributed by atoms with van der Waals surface area (Å²) in [6.07, 6.45) is 1.46. The lowest BCUT2D eigenvalue weighted by Gasteiger charge is -2.22. The quantitative estimate of drug-likeness (QED) is 0.701. The highest BCUT2D eigenvalue weighted by molar-refractivity contribution is 7.21. The molecule has 0 saturated carbocycles. The summed E-state index contributed by atoms with van der Waals surface area (Å²) in [4.78, 5) is 27.4. The molecule has 1 amide bonds. The molecule has 0 aliphatic carbocycles. The highest BCUT2D eigenvalue weighted by atomic mass is 32.1. The van der Waals surface area contributed by atoms with Crippen LogP contribution in [0, 0.1) is 11.6 Å². The number of anilines is 1. The van der Waals surface area contributed by atoms with E-state index < -0.39 is 22.9 Å². The molecule has 1 atom stereocenters. The fraction of sp³-hybridized carbons (Fsp3) is 0.263. The molecule has 3 N–H and O–H groups in total. The van der Waals surface area contributed by atoms with Crippen LogP contribution in [0.15, 0.2) is 35.1 Å². The number of nitrogens with zero attached hydrogens (tertiary/aromatic N) is 2. The third-order valence-electron chi connectivity index (χ3n) is 4.98. The molecule has 3 heterocycles. The van der Waals surface area contributed by atoms with Gasteiger partial charge in [0.2, 0.25) is 0 Å². The molecule has 1 aromatic carbocycles. The molecular formula is C19H17F2N3O3S. The van der Waals surface area contributed by atoms with Crippen molar-refractivity contribution in [1.29, 1.82) is 0 Å². The van der Waals surface area contributed by atoms with Gasteiger partial charge in [-0.2, -0.15) is 0 Å². The maximum Gasteiger partial charge on any atom is 0.266 e. The molecule has 1 aliphatic heterocycles. The lowest BCUT2D eigenvalue weighted by Crippen LogP contribution is -2.37. The molecule has 9 heteroatoms. The Balaban J connectivity index is 1.93. The molecule has 0 unspecified atom stereocenters. The Hall–Kier alpha value is -2.78. The monoisotopic (exact) mass is 405 g/mol. The van der Waals surface area contributed by atoms with Crippen LogP contribution in [0.25, 0.3) is 15.9 Å². The van der Waals surface area contributed by atoms with Crippen molar-refractivity contribution in [1.82, 2.24) is 9.47 Å². The van der Waals surface area contributed by atoms with E-state index in [1.54, 1.807) is 4.90 Å². The molecule has 0 radical (unpaired) electrons. The predicted octanol–water partition coefficient (Wildman–Crippen LogP) is 2.51. The van der Waals surface area contributed by atoms with Gasteiger partial charge in [-0.15, -0.1) is 11.3 Å². The van der Waals surface area contributed by atoms with E-state index in [-0.39, 0.29) is 34.0 Å². The van der Waals surface area contributed by atoms with Gasteiger partial charge in [0.1, 0.15) is 27.0 Å². The van der Waals surface area contributed by atoms with Crippen LogP contribution in [0.2, 0.25) is 0 Å². The number of aliphatic hydroxyl groups is 1. The van der Waals surface area contributed by atoms with E-state index in [1.165, 1.54) is 12.1 Å². The van der Waals surface area contributed by atoms with Crippen LogP contribution in [0.5, 0.6) is 0 Å². The largest absolute Gasteiger partial charge is 0.397 e. The van der Waals surface area contributed by atoms with Crippen LogP contribution in [-0.2, 0) is 0 Å². The molecular weight excluding hydrogens is 388 g/mol. The van der Waals surface area contributed by atoms with Crippen molar-refractivity contribution in [2.24, 2.45) is 0 Å². The zero-order chi connectivity index (χ0) is 20.0. The fourth-order valence-corrected chi connectivity index (χ4v) is 4.78. The number of amides is 1. The average molecular weight is 405 g/mol. The second kappa shape index (κ2) is 6.99. The van der Waals surface area contributed by atoms with Crippen LogP contribution in [0.4, 0.5) is 14.5 Å². The number of nitrogen functional groups attached to an aromatic ring is 1. The number of thiophene rings is 1. The first-order valence-electron chi connectivity index (χ1n) is 8.74. The normalized spacial score (nSPS) is 16.8. The van der Waals surface area contributed by atoms with Crippen LogP contribution in [0.1, 0.15) is 22.5 Å². The number of carbonyl (C=O) groups excluding carboxylic acids is 1. The molecule has 1 aliphatic rings. The number of hydrogen-bond acceptors (Lipinski definition) is 5. The predicted molar refractivity (Wildman–Crippen MR) is 103 cm³/mol. The SMILES string of the molecule is Nc1c(C(=O)N2CCC[C@@H]2CO)sc2c1ccc(=O)n2-c1c(F)cccc1F. The van der Waals surface area contributed by atoms with Crippen molar-refractivity contribution >= 4 is 33.1 Å². The molecule has 0 spiro atoms. The van der Waals surface area contributed by atoms with Gasteiger partial charge < -0.3 is 15.7 Å². The highest BCUT2D eigenvalue weighted by Crippen LogP contribution is 2.36. The number of para-hydroxylation sites is 1. The van der Waals surface area contributed by atoms with Crippen molar-refractivity contribution in [3.05, 3.63) is 57.2 Å². The number of hydrogen-bond donors (Lipinski definition) is 2. The van der Waals surface area contributed by atoms with Gasteiger partial charge in [0, 0.05) is 18.0 Å². The highest BCUT2D eigenvalue weighted by Gasteiger charge is 2.32. The molecule has 4 rings (SSSR count). The van der Waals surface area contributed by atoms with E-state index in [4.69, 9.17) is 5.73 Å². The van der Waals surface area contributed by atoms with Crippen LogP contribution < -0.4 is 11.3 Å². The van der Waals surface area contributed by atoms with E-state index in [2.05, 4.69) is 0 Å². The fourth-order valence-electron chi connectivity index (χ4n) is 3.60. The van der Waals surface area contributed by atoms with Gasteiger partial charge in [-0.05, 0) is 31.0 Å². The number of aromatic nitrogens is 1. The second-order valence-electron chi connectivity index (χ2n) is 6.62. The molecule has 1 fully saturated rings. The Labute approximate surface area is 162 Å². The van der Waals surface area contributed by atoms with E-state index in [0.717, 1.165) is 40.5 Å². The Morgan fingerprint density at radius 2 is 1.96 bits per heavy atom. The van der Waals surface area contributed by atoms with Crippen LogP contribution in [0.3, 0.4) is 0 Å². The van der Waals surface area contributed by atoms with Gasteiger partial charge in [-0.25, -0.2) is 8.78 Å². The number of benzene rings is 1. The van der Waals surface area contributed by atoms with E-state index in [0.29, 0.717) is 18.4 Å². The summed E-state index contributed by atoms with van der Waals surface area (Å²) in [6, 6.07) is 5.65. The first-order valence-corrected chi connectivity index (χ1v) is 9.56. The minimum absolute atomic E-state index is 0.151. The zero-order valence-corrected chi connectivity index (χ0v) is 15.5. The second-order valence-corrected chi connectivity index (χ2v) is 7.62. The van der Waals surface area contributed by atoms with E-state index >= 15 is 0 Å². The van der Waals surface area contributed by atoms with Crippen molar-refractivity contribution in [2.75, 3.05) is 18.9 Å². The Kier molecular flexibility index (Phi) is 4.64. The Bertz CT molecular complexity index is 1120. The number of aliphatic hydroxyl groups excluding tert-OH is 1. The molecule has 146 valence electrons. The molecule has 6 nitrogen and oxygen atoms in total. The maximum atomic E-state index is 14.3. The summed E-state index contributed by atoms with van der Waals surface area (Å²) in [5.41, 5.74) is 5.18. The summed E-state index contributed by atoms with van der Waals surface area (Å²) in [6.45, 7) is 0.341. The summed E-state index contributed by atoms with van der Waals surface area (Å²) in [5, 5.41) is 9.85. The van der Waals surface area contributed by atoms with Crippen molar-refractivity contribution < 1.29 is 18.7 Å². The molecule has 3 aromatic rings. The van der Waals surface area contributed by atoms with Gasteiger partial charge in [0.05, 0.1) is 18.3 Å². The van der Waals surface area contributed by atoms with Gasteiger partial charge in [-0.1, -0.05) is 6.07 Å². The molecule has 2 aromatic heterocycles. The third kappa shape index (κ3) is 2.78. The van der Waals surface area contributed by atoms with Crippen LogP contribution in [-0.4, -0.2) is 39.7 Å². The first kappa shape index (κ1) is 18.6. The first-order chi connectivity index (χ1) is 13.4. The Morgan fingerprint density at radius 3 is 2.64 bits per heavy atom. The molecule has 1 saturated heterocycles. The topological polar surface area (TPSA) is 88.6 Å². The number of pyridine rings is 1. The zero-order valence-electron chi connectivity index (χ0n) is 14.7. The average Bonchev–Trinajstić information content (AvgIpc) is 3.27. The van der Waals surface area contributed by atoms with Gasteiger partial charge in [-0.3, -0.25) is 14.2 Å². The summed E-state index contributed by atoms with van der Waals surface area (Å²) in [5.74, 6) is -2.15. The van der Waals surface area contributed by atoms with E-state index in [9.17, 15) is 23.5 Å². The smallest absolute Gasteiger partial charge is 0.266 e. The molecule has 28 heavy (non-hydrogen) atoms. The lowest BCUT2D eigenvalue weighted by molar-refractivity contribution is 0.0683. The van der Waals surface area contributed by atoms with Crippen molar-refractivity contribution in [3.8, 4) is 5.69 Å². The number of nitrogens with two attached hydrogens (primary N) is 1. The minimum Gasteiger partial charge on any atom is -0.397 e. The summed E-state index contributed by atoms with van der Waals surface area (Å²) >= 11 is 0.916. The summed E-state index contributed by atoms with van der Waals surface area (Å²) in [7, 11) is 0. The lowest BCUT2D eigenvalue weighted by atomic mass is 10.2. The number of rotatable bonds is 3. The number of halogens is 2. The Morgan fingerprint density at radius 1 is 1.25 bits per heavy atom. The standard InChI is InChI=1S/C19H17F2N3O3S/c20-12-4-1-5-13(21)16(12)24-14(26)7-6-11-15(22)17(28-19(11)24)18(27)23-8-2-3-10(23)9-25/h1,4-7,10,25H,2-3,8-9,22H2/t10-/m1/s1. The van der Waals surface area contributed by atoms with Gasteiger partial charge in [0.15, 0.2) is 0 Å². The van der Waals surface area contributed by atoms with Crippen LogP contribution >= 0.6 is 11.3 Å². The summed E-state index contributed by atoms with van der Waals surface area (Å²) < 4.78 is 29.6. The number of carbonyl (C=O) groups is 1. The van der Waals surface area contributed by atoms with Crippen molar-refractivity contribution in [2.45, 2.75) is 18.9 Å². The molecule has 0 bridgehead atoms. The van der Waals surface area contributed by atoms with Gasteiger partial charge in [0.25, 0.3) is 11.5 Å². The maximum absolute atomic E-state index is 14.3. The van der Waals surface area contributed by atoms with E-state index in [1.807, 2.05) is 0 Å². The van der Waals surface area contributed by atoms with Gasteiger partial charge >= 0.3 is 0 Å².